The maximum atomic E-state index is 12.8. The molecule has 6 heteroatoms. The van der Waals surface area contributed by atoms with E-state index >= 15 is 0 Å². The highest BCUT2D eigenvalue weighted by atomic mass is 16.5. The number of aryl methyl sites for hydroxylation is 1. The van der Waals surface area contributed by atoms with Crippen LogP contribution in [-0.2, 0) is 13.6 Å². The first kappa shape index (κ1) is 18.5. The Kier molecular flexibility index (Phi) is 5.30. The van der Waals surface area contributed by atoms with Gasteiger partial charge in [-0.3, -0.25) is 9.69 Å². The standard InChI is InChI=1S/C22H26N4O2/c1-3-28-18-10-8-17(9-11-18)22(27)26-14-12-25(13-15-26)16-21-23-19-6-4-5-7-20(19)24(21)2/h4-11H,3,12-16H2,1-2H3. The lowest BCUT2D eigenvalue weighted by molar-refractivity contribution is 0.0624. The number of fused-ring (bicyclic) bond motifs is 1. The summed E-state index contributed by atoms with van der Waals surface area (Å²) in [5.74, 6) is 1.95. The van der Waals surface area contributed by atoms with Gasteiger partial charge in [-0.1, -0.05) is 12.1 Å². The molecule has 6 nitrogen and oxygen atoms in total. The van der Waals surface area contributed by atoms with E-state index in [4.69, 9.17) is 9.72 Å². The van der Waals surface area contributed by atoms with Crippen molar-refractivity contribution in [2.45, 2.75) is 13.5 Å². The zero-order chi connectivity index (χ0) is 19.5. The summed E-state index contributed by atoms with van der Waals surface area (Å²) in [6.07, 6.45) is 0. The molecule has 0 saturated carbocycles. The van der Waals surface area contributed by atoms with Crippen LogP contribution >= 0.6 is 0 Å². The van der Waals surface area contributed by atoms with Crippen LogP contribution in [0.3, 0.4) is 0 Å². The molecular weight excluding hydrogens is 352 g/mol. The van der Waals surface area contributed by atoms with Gasteiger partial charge in [0.1, 0.15) is 11.6 Å². The molecule has 2 aromatic carbocycles. The largest absolute Gasteiger partial charge is 0.494 e. The maximum Gasteiger partial charge on any atom is 0.253 e. The van der Waals surface area contributed by atoms with Crippen molar-refractivity contribution in [3.8, 4) is 5.75 Å². The van der Waals surface area contributed by atoms with Crippen LogP contribution in [0.2, 0.25) is 0 Å². The summed E-state index contributed by atoms with van der Waals surface area (Å²) in [6.45, 7) is 6.55. The second-order valence-electron chi connectivity index (χ2n) is 7.10. The predicted molar refractivity (Wildman–Crippen MR) is 110 cm³/mol. The summed E-state index contributed by atoms with van der Waals surface area (Å²) >= 11 is 0. The number of hydrogen-bond acceptors (Lipinski definition) is 4. The van der Waals surface area contributed by atoms with E-state index in [1.165, 1.54) is 0 Å². The molecular formula is C22H26N4O2. The average Bonchev–Trinajstić information content (AvgIpc) is 3.04. The van der Waals surface area contributed by atoms with Gasteiger partial charge in [0.2, 0.25) is 0 Å². The average molecular weight is 378 g/mol. The topological polar surface area (TPSA) is 50.6 Å². The first-order valence-electron chi connectivity index (χ1n) is 9.80. The molecule has 0 radical (unpaired) electrons. The van der Waals surface area contributed by atoms with Gasteiger partial charge < -0.3 is 14.2 Å². The van der Waals surface area contributed by atoms with E-state index in [0.29, 0.717) is 12.2 Å². The van der Waals surface area contributed by atoms with E-state index in [1.54, 1.807) is 0 Å². The molecule has 2 heterocycles. The number of para-hydroxylation sites is 2. The number of imidazole rings is 1. The minimum absolute atomic E-state index is 0.0884. The van der Waals surface area contributed by atoms with Crippen LogP contribution in [-0.4, -0.2) is 58.0 Å². The zero-order valence-corrected chi connectivity index (χ0v) is 16.5. The van der Waals surface area contributed by atoms with Crippen LogP contribution in [0, 0.1) is 0 Å². The molecule has 0 atom stereocenters. The first-order chi connectivity index (χ1) is 13.7. The molecule has 1 saturated heterocycles. The molecule has 1 aliphatic heterocycles. The van der Waals surface area contributed by atoms with Gasteiger partial charge in [-0.15, -0.1) is 0 Å². The summed E-state index contributed by atoms with van der Waals surface area (Å²) in [6, 6.07) is 15.6. The third-order valence-corrected chi connectivity index (χ3v) is 5.32. The number of aromatic nitrogens is 2. The minimum Gasteiger partial charge on any atom is -0.494 e. The van der Waals surface area contributed by atoms with Crippen LogP contribution in [0.5, 0.6) is 5.75 Å². The van der Waals surface area contributed by atoms with Crippen LogP contribution in [0.15, 0.2) is 48.5 Å². The lowest BCUT2D eigenvalue weighted by Crippen LogP contribution is -2.48. The molecule has 3 aromatic rings. The number of nitrogens with zero attached hydrogens (tertiary/aromatic N) is 4. The van der Waals surface area contributed by atoms with Crippen LogP contribution in [0.1, 0.15) is 23.1 Å². The Morgan fingerprint density at radius 2 is 1.75 bits per heavy atom. The van der Waals surface area contributed by atoms with E-state index in [-0.39, 0.29) is 5.91 Å². The number of rotatable bonds is 5. The highest BCUT2D eigenvalue weighted by Gasteiger charge is 2.23. The van der Waals surface area contributed by atoms with Gasteiger partial charge in [0.15, 0.2) is 0 Å². The predicted octanol–water partition coefficient (Wildman–Crippen LogP) is 2.93. The summed E-state index contributed by atoms with van der Waals surface area (Å²) < 4.78 is 7.61. The summed E-state index contributed by atoms with van der Waals surface area (Å²) in [5, 5.41) is 0. The molecule has 1 fully saturated rings. The van der Waals surface area contributed by atoms with Crippen molar-refractivity contribution in [1.82, 2.24) is 19.4 Å². The maximum absolute atomic E-state index is 12.8. The van der Waals surface area contributed by atoms with E-state index < -0.39 is 0 Å². The molecule has 0 N–H and O–H groups in total. The van der Waals surface area contributed by atoms with Gasteiger partial charge in [-0.2, -0.15) is 0 Å². The van der Waals surface area contributed by atoms with Crippen LogP contribution in [0.25, 0.3) is 11.0 Å². The Balaban J connectivity index is 1.36. The van der Waals surface area contributed by atoms with Crippen molar-refractivity contribution in [1.29, 1.82) is 0 Å². The Bertz CT molecular complexity index is 956. The van der Waals surface area contributed by atoms with Crippen molar-refractivity contribution in [2.24, 2.45) is 7.05 Å². The van der Waals surface area contributed by atoms with Crippen molar-refractivity contribution < 1.29 is 9.53 Å². The monoisotopic (exact) mass is 378 g/mol. The number of benzene rings is 2. The van der Waals surface area contributed by atoms with Gasteiger partial charge in [-0.05, 0) is 43.3 Å². The first-order valence-corrected chi connectivity index (χ1v) is 9.80. The number of amides is 1. The van der Waals surface area contributed by atoms with Gasteiger partial charge in [0.05, 0.1) is 24.2 Å². The highest BCUT2D eigenvalue weighted by molar-refractivity contribution is 5.94. The van der Waals surface area contributed by atoms with Crippen molar-refractivity contribution >= 4 is 16.9 Å². The molecule has 0 aliphatic carbocycles. The molecule has 1 aliphatic rings. The smallest absolute Gasteiger partial charge is 0.253 e. The fourth-order valence-corrected chi connectivity index (χ4v) is 3.69. The van der Waals surface area contributed by atoms with Crippen LogP contribution in [0.4, 0.5) is 0 Å². The molecule has 1 aromatic heterocycles. The van der Waals surface area contributed by atoms with Gasteiger partial charge in [0.25, 0.3) is 5.91 Å². The normalized spacial score (nSPS) is 15.1. The van der Waals surface area contributed by atoms with Crippen molar-refractivity contribution in [3.05, 3.63) is 59.9 Å². The lowest BCUT2D eigenvalue weighted by Gasteiger charge is -2.34. The second kappa shape index (κ2) is 8.02. The van der Waals surface area contributed by atoms with Gasteiger partial charge in [-0.25, -0.2) is 4.98 Å². The SMILES string of the molecule is CCOc1ccc(C(=O)N2CCN(Cc3nc4ccccc4n3C)CC2)cc1. The van der Waals surface area contributed by atoms with Crippen LogP contribution < -0.4 is 4.74 Å². The number of piperazine rings is 1. The minimum atomic E-state index is 0.0884. The fraction of sp³-hybridized carbons (Fsp3) is 0.364. The second-order valence-corrected chi connectivity index (χ2v) is 7.10. The Labute approximate surface area is 165 Å². The highest BCUT2D eigenvalue weighted by Crippen LogP contribution is 2.18. The third kappa shape index (κ3) is 3.73. The van der Waals surface area contributed by atoms with E-state index in [1.807, 2.05) is 54.3 Å². The summed E-state index contributed by atoms with van der Waals surface area (Å²) in [7, 11) is 2.07. The van der Waals surface area contributed by atoms with Crippen molar-refractivity contribution in [3.63, 3.8) is 0 Å². The quantitative estimate of drug-likeness (QED) is 0.685. The number of ether oxygens (including phenoxy) is 1. The van der Waals surface area contributed by atoms with Crippen molar-refractivity contribution in [2.75, 3.05) is 32.8 Å². The molecule has 0 unspecified atom stereocenters. The Hall–Kier alpha value is -2.86. The molecule has 1 amide bonds. The fourth-order valence-electron chi connectivity index (χ4n) is 3.69. The van der Waals surface area contributed by atoms with E-state index in [0.717, 1.165) is 55.3 Å². The Morgan fingerprint density at radius 1 is 1.04 bits per heavy atom. The number of carbonyl (C=O) groups is 1. The molecule has 146 valence electrons. The molecule has 28 heavy (non-hydrogen) atoms. The number of carbonyl (C=O) groups excluding carboxylic acids is 1. The summed E-state index contributed by atoms with van der Waals surface area (Å²) in [5.41, 5.74) is 2.90. The third-order valence-electron chi connectivity index (χ3n) is 5.32. The van der Waals surface area contributed by atoms with E-state index in [2.05, 4.69) is 22.6 Å². The molecule has 4 rings (SSSR count). The molecule has 0 bridgehead atoms. The lowest BCUT2D eigenvalue weighted by atomic mass is 10.1. The van der Waals surface area contributed by atoms with Gasteiger partial charge >= 0.3 is 0 Å². The summed E-state index contributed by atoms with van der Waals surface area (Å²) in [4.78, 5) is 21.8. The van der Waals surface area contributed by atoms with Gasteiger partial charge in [0, 0.05) is 38.8 Å². The number of hydrogen-bond donors (Lipinski definition) is 0. The molecule has 0 spiro atoms. The van der Waals surface area contributed by atoms with E-state index in [9.17, 15) is 4.79 Å². The Morgan fingerprint density at radius 3 is 2.43 bits per heavy atom. The zero-order valence-electron chi connectivity index (χ0n) is 16.5.